The maximum atomic E-state index is 13.1. The van der Waals surface area contributed by atoms with Crippen LogP contribution in [0.15, 0.2) is 0 Å². The SMILES string of the molecule is CCCCCCCCCCCCCCCCCCCCC(=O)O[C@H](COC(=O)CCCCCCCCCCCCCCC(C)C)COP(=O)(O)OC[C@@H](O)COP(=O)(O)OC[C@@H](COC(=O)CCCCCCCCC(C)C)OC(=O)CCCCCCCCCC(C)C. The molecule has 2 unspecified atom stereocenters. The molecular weight excluding hydrogens is 1210 g/mol. The van der Waals surface area contributed by atoms with Crippen LogP contribution in [0, 0.1) is 17.8 Å². The van der Waals surface area contributed by atoms with Crippen LogP contribution in [0.25, 0.3) is 0 Å². The van der Waals surface area contributed by atoms with Gasteiger partial charge in [-0.3, -0.25) is 37.3 Å². The Labute approximate surface area is 562 Å². The molecule has 546 valence electrons. The van der Waals surface area contributed by atoms with Crippen LogP contribution >= 0.6 is 15.6 Å². The number of hydrogen-bond donors (Lipinski definition) is 3. The summed E-state index contributed by atoms with van der Waals surface area (Å²) in [5.41, 5.74) is 0. The van der Waals surface area contributed by atoms with Crippen molar-refractivity contribution in [1.29, 1.82) is 0 Å². The first-order chi connectivity index (χ1) is 44.2. The van der Waals surface area contributed by atoms with E-state index in [2.05, 4.69) is 48.5 Å². The van der Waals surface area contributed by atoms with Gasteiger partial charge in [-0.15, -0.1) is 0 Å². The number of aliphatic hydroxyl groups is 1. The average molecular weight is 1350 g/mol. The number of rotatable bonds is 71. The minimum Gasteiger partial charge on any atom is -0.462 e. The molecule has 0 aliphatic heterocycles. The number of carbonyl (C=O) groups excluding carboxylic acids is 4. The van der Waals surface area contributed by atoms with Crippen molar-refractivity contribution in [3.05, 3.63) is 0 Å². The quantitative estimate of drug-likeness (QED) is 0.0222. The van der Waals surface area contributed by atoms with E-state index in [1.807, 2.05) is 0 Å². The lowest BCUT2D eigenvalue weighted by Crippen LogP contribution is -2.30. The van der Waals surface area contributed by atoms with Gasteiger partial charge in [-0.25, -0.2) is 9.13 Å². The molecule has 0 saturated heterocycles. The van der Waals surface area contributed by atoms with Gasteiger partial charge < -0.3 is 33.8 Å². The fourth-order valence-electron chi connectivity index (χ4n) is 11.1. The Hall–Kier alpha value is -1.94. The molecule has 0 aromatic rings. The van der Waals surface area contributed by atoms with Gasteiger partial charge in [-0.2, -0.15) is 0 Å². The Morgan fingerprint density at radius 1 is 0.293 bits per heavy atom. The molecule has 0 aliphatic rings. The number of esters is 4. The van der Waals surface area contributed by atoms with Gasteiger partial charge in [0.25, 0.3) is 0 Å². The number of ether oxygens (including phenoxy) is 4. The van der Waals surface area contributed by atoms with Crippen LogP contribution in [0.4, 0.5) is 0 Å². The molecule has 5 atom stereocenters. The van der Waals surface area contributed by atoms with Crippen LogP contribution in [-0.2, 0) is 65.4 Å². The number of carbonyl (C=O) groups is 4. The highest BCUT2D eigenvalue weighted by atomic mass is 31.2. The molecule has 92 heavy (non-hydrogen) atoms. The second kappa shape index (κ2) is 63.8. The zero-order valence-corrected chi connectivity index (χ0v) is 61.8. The lowest BCUT2D eigenvalue weighted by atomic mass is 10.0. The number of phosphoric acid groups is 2. The first kappa shape index (κ1) is 90.1. The van der Waals surface area contributed by atoms with E-state index in [0.29, 0.717) is 37.5 Å². The topological polar surface area (TPSA) is 237 Å². The monoisotopic (exact) mass is 1350 g/mol. The van der Waals surface area contributed by atoms with Gasteiger partial charge in [0.05, 0.1) is 26.4 Å². The van der Waals surface area contributed by atoms with Crippen LogP contribution < -0.4 is 0 Å². The molecule has 0 rings (SSSR count). The number of aliphatic hydroxyl groups excluding tert-OH is 1. The average Bonchev–Trinajstić information content (AvgIpc) is 2.91. The molecule has 0 saturated carbocycles. The Bertz CT molecular complexity index is 1800. The zero-order chi connectivity index (χ0) is 68.0. The van der Waals surface area contributed by atoms with Crippen LogP contribution in [0.1, 0.15) is 370 Å². The Kier molecular flexibility index (Phi) is 62.4. The van der Waals surface area contributed by atoms with Crippen molar-refractivity contribution >= 4 is 39.5 Å². The molecular formula is C73H142O17P2. The third kappa shape index (κ3) is 66.7. The lowest BCUT2D eigenvalue weighted by Gasteiger charge is -2.21. The van der Waals surface area contributed by atoms with Crippen molar-refractivity contribution in [3.63, 3.8) is 0 Å². The van der Waals surface area contributed by atoms with Gasteiger partial charge in [0.2, 0.25) is 0 Å². The van der Waals surface area contributed by atoms with E-state index in [1.54, 1.807) is 0 Å². The van der Waals surface area contributed by atoms with Gasteiger partial charge in [0.15, 0.2) is 12.2 Å². The van der Waals surface area contributed by atoms with E-state index in [4.69, 9.17) is 37.0 Å². The van der Waals surface area contributed by atoms with Crippen molar-refractivity contribution in [2.75, 3.05) is 39.6 Å². The number of phosphoric ester groups is 2. The molecule has 0 amide bonds. The molecule has 0 aliphatic carbocycles. The van der Waals surface area contributed by atoms with Crippen LogP contribution in [0.3, 0.4) is 0 Å². The van der Waals surface area contributed by atoms with Crippen LogP contribution in [0.2, 0.25) is 0 Å². The van der Waals surface area contributed by atoms with Gasteiger partial charge in [0.1, 0.15) is 19.3 Å². The zero-order valence-electron chi connectivity index (χ0n) is 60.0. The van der Waals surface area contributed by atoms with E-state index < -0.39 is 97.5 Å². The second-order valence-corrected chi connectivity index (χ2v) is 30.7. The smallest absolute Gasteiger partial charge is 0.462 e. The largest absolute Gasteiger partial charge is 0.472 e. The molecule has 0 aromatic carbocycles. The molecule has 19 heteroatoms. The standard InChI is InChI=1S/C73H142O17P2/c1-8-9-10-11-12-13-14-15-16-17-18-19-20-25-28-33-42-49-56-72(77)89-68(60-83-70(75)54-47-40-32-27-24-22-21-23-26-30-37-44-51-64(2)3)62-87-91(79,80)85-58-67(74)59-86-92(81,82)88-63-69(61-84-71(76)55-48-41-36-35-39-46-53-66(6)7)90-73(78)57-50-43-34-29-31-38-45-52-65(4)5/h64-69,74H,8-63H2,1-7H3,(H,79,80)(H,81,82)/t67-,68-,69-/m1/s1. The van der Waals surface area contributed by atoms with Crippen molar-refractivity contribution < 1.29 is 80.2 Å². The molecule has 0 radical (unpaired) electrons. The number of unbranched alkanes of at least 4 members (excludes halogenated alkanes) is 39. The molecule has 0 spiro atoms. The predicted molar refractivity (Wildman–Crippen MR) is 372 cm³/mol. The fourth-order valence-corrected chi connectivity index (χ4v) is 12.7. The van der Waals surface area contributed by atoms with Crippen molar-refractivity contribution in [2.24, 2.45) is 17.8 Å². The molecule has 0 bridgehead atoms. The summed E-state index contributed by atoms with van der Waals surface area (Å²) in [7, 11) is -9.90. The van der Waals surface area contributed by atoms with E-state index in [9.17, 15) is 43.2 Å². The summed E-state index contributed by atoms with van der Waals surface area (Å²) < 4.78 is 68.3. The maximum absolute atomic E-state index is 13.1. The Balaban J connectivity index is 5.22. The van der Waals surface area contributed by atoms with Gasteiger partial charge >= 0.3 is 39.5 Å². The minimum atomic E-state index is -4.96. The fraction of sp³-hybridized carbons (Fsp3) is 0.945. The first-order valence-electron chi connectivity index (χ1n) is 37.8. The summed E-state index contributed by atoms with van der Waals surface area (Å²) >= 11 is 0. The highest BCUT2D eigenvalue weighted by Gasteiger charge is 2.30. The summed E-state index contributed by atoms with van der Waals surface area (Å²) in [4.78, 5) is 72.6. The third-order valence-electron chi connectivity index (χ3n) is 16.9. The van der Waals surface area contributed by atoms with Crippen molar-refractivity contribution in [1.82, 2.24) is 0 Å². The van der Waals surface area contributed by atoms with E-state index in [0.717, 1.165) is 102 Å². The van der Waals surface area contributed by atoms with Crippen molar-refractivity contribution in [3.8, 4) is 0 Å². The summed E-state index contributed by atoms with van der Waals surface area (Å²) in [5, 5.41) is 10.6. The Morgan fingerprint density at radius 2 is 0.500 bits per heavy atom. The minimum absolute atomic E-state index is 0.102. The number of hydrogen-bond acceptors (Lipinski definition) is 15. The highest BCUT2D eigenvalue weighted by Crippen LogP contribution is 2.45. The van der Waals surface area contributed by atoms with E-state index in [-0.39, 0.29) is 25.7 Å². The maximum Gasteiger partial charge on any atom is 0.472 e. The summed E-state index contributed by atoms with van der Waals surface area (Å²) in [5.74, 6) is 0.0306. The van der Waals surface area contributed by atoms with Gasteiger partial charge in [0, 0.05) is 25.7 Å². The molecule has 0 heterocycles. The molecule has 0 aromatic heterocycles. The second-order valence-electron chi connectivity index (χ2n) is 27.8. The summed E-state index contributed by atoms with van der Waals surface area (Å²) in [6.07, 6.45) is 48.9. The van der Waals surface area contributed by atoms with E-state index in [1.165, 1.54) is 173 Å². The van der Waals surface area contributed by atoms with Crippen LogP contribution in [0.5, 0.6) is 0 Å². The Morgan fingerprint density at radius 3 is 0.739 bits per heavy atom. The molecule has 17 nitrogen and oxygen atoms in total. The van der Waals surface area contributed by atoms with Gasteiger partial charge in [-0.05, 0) is 43.4 Å². The van der Waals surface area contributed by atoms with Gasteiger partial charge in [-0.1, -0.05) is 318 Å². The van der Waals surface area contributed by atoms with E-state index >= 15 is 0 Å². The normalized spacial score (nSPS) is 14.1. The predicted octanol–water partition coefficient (Wildman–Crippen LogP) is 21.0. The third-order valence-corrected chi connectivity index (χ3v) is 18.8. The summed E-state index contributed by atoms with van der Waals surface area (Å²) in [6.45, 7) is 11.7. The molecule has 0 fully saturated rings. The first-order valence-corrected chi connectivity index (χ1v) is 40.8. The molecule has 3 N–H and O–H groups in total. The highest BCUT2D eigenvalue weighted by molar-refractivity contribution is 7.47. The van der Waals surface area contributed by atoms with Crippen molar-refractivity contribution in [2.45, 2.75) is 388 Å². The summed E-state index contributed by atoms with van der Waals surface area (Å²) in [6, 6.07) is 0. The van der Waals surface area contributed by atoms with Crippen LogP contribution in [-0.4, -0.2) is 96.7 Å². The lowest BCUT2D eigenvalue weighted by molar-refractivity contribution is -0.161.